The van der Waals surface area contributed by atoms with Gasteiger partial charge in [0.2, 0.25) is 5.91 Å². The van der Waals surface area contributed by atoms with Crippen molar-refractivity contribution in [2.45, 2.75) is 25.4 Å². The number of nitrogens with one attached hydrogen (secondary N) is 4. The van der Waals surface area contributed by atoms with Gasteiger partial charge < -0.3 is 20.9 Å². The van der Waals surface area contributed by atoms with Gasteiger partial charge in [-0.1, -0.05) is 72.8 Å². The maximum atomic E-state index is 12.7. The van der Waals surface area contributed by atoms with E-state index in [1.165, 1.54) is 5.56 Å². The van der Waals surface area contributed by atoms with E-state index < -0.39 is 0 Å². The second kappa shape index (κ2) is 13.8. The number of aromatic nitrogens is 2. The summed E-state index contributed by atoms with van der Waals surface area (Å²) in [6.07, 6.45) is 4.43. The predicted molar refractivity (Wildman–Crippen MR) is 184 cm³/mol. The quantitative estimate of drug-likeness (QED) is 0.140. The zero-order chi connectivity index (χ0) is 32.0. The van der Waals surface area contributed by atoms with Crippen LogP contribution in [0.15, 0.2) is 109 Å². The van der Waals surface area contributed by atoms with E-state index in [1.54, 1.807) is 24.4 Å². The van der Waals surface area contributed by atoms with Crippen molar-refractivity contribution < 1.29 is 9.59 Å². The van der Waals surface area contributed by atoms with E-state index in [-0.39, 0.29) is 23.5 Å². The van der Waals surface area contributed by atoms with Crippen molar-refractivity contribution in [2.75, 3.05) is 23.7 Å². The third-order valence-corrected chi connectivity index (χ3v) is 8.39. The number of aromatic amines is 1. The Morgan fingerprint density at radius 1 is 0.957 bits per heavy atom. The minimum atomic E-state index is -0.385. The molecule has 0 saturated carbocycles. The first-order valence-electron chi connectivity index (χ1n) is 15.1. The van der Waals surface area contributed by atoms with Gasteiger partial charge in [0.1, 0.15) is 0 Å². The number of nitrogens with zero attached hydrogens (tertiary/aromatic N) is 2. The molecule has 1 saturated heterocycles. The van der Waals surface area contributed by atoms with E-state index in [0.29, 0.717) is 27.3 Å². The zero-order valence-electron chi connectivity index (χ0n) is 25.1. The molecule has 0 bridgehead atoms. The summed E-state index contributed by atoms with van der Waals surface area (Å²) in [5.74, 6) is -0.385. The molecule has 232 valence electrons. The first kappa shape index (κ1) is 30.8. The van der Waals surface area contributed by atoms with Crippen LogP contribution >= 0.6 is 11.6 Å². The summed E-state index contributed by atoms with van der Waals surface area (Å²) < 4.78 is 0. The van der Waals surface area contributed by atoms with Crippen LogP contribution in [0.5, 0.6) is 0 Å². The number of piperidine rings is 1. The van der Waals surface area contributed by atoms with Gasteiger partial charge in [-0.15, -0.1) is 0 Å². The molecule has 2 aromatic heterocycles. The number of rotatable bonds is 8. The summed E-state index contributed by atoms with van der Waals surface area (Å²) in [7, 11) is 0. The van der Waals surface area contributed by atoms with Crippen LogP contribution in [0.4, 0.5) is 16.2 Å². The lowest BCUT2D eigenvalue weighted by Crippen LogP contribution is -2.45. The number of hydrogen-bond donors (Lipinski definition) is 4. The molecule has 1 aliphatic heterocycles. The maximum absolute atomic E-state index is 12.7. The smallest absolute Gasteiger partial charge is 0.319 e. The van der Waals surface area contributed by atoms with E-state index in [4.69, 9.17) is 16.6 Å². The van der Waals surface area contributed by atoms with Gasteiger partial charge in [-0.05, 0) is 60.4 Å². The van der Waals surface area contributed by atoms with E-state index in [2.05, 4.69) is 56.7 Å². The number of anilines is 2. The average molecular weight is 633 g/mol. The number of carbonyl (C=O) groups excluding carboxylic acids is 2. The minimum Gasteiger partial charge on any atom is -0.335 e. The Labute approximate surface area is 271 Å². The Morgan fingerprint density at radius 3 is 2.46 bits per heavy atom. The Balaban J connectivity index is 1.07. The van der Waals surface area contributed by atoms with Gasteiger partial charge in [-0.2, -0.15) is 0 Å². The number of H-pyrrole nitrogens is 1. The highest BCUT2D eigenvalue weighted by atomic mass is 35.5. The molecule has 6 rings (SSSR count). The summed E-state index contributed by atoms with van der Waals surface area (Å²) in [6, 6.07) is 26.8. The van der Waals surface area contributed by atoms with Crippen LogP contribution in [0.1, 0.15) is 18.4 Å². The van der Waals surface area contributed by atoms with Crippen LogP contribution in [0, 0.1) is 0 Å². The molecule has 3 amide bonds. The Kier molecular flexibility index (Phi) is 9.23. The van der Waals surface area contributed by atoms with Crippen molar-refractivity contribution in [3.63, 3.8) is 0 Å². The van der Waals surface area contributed by atoms with Crippen molar-refractivity contribution >= 4 is 45.8 Å². The molecular weight excluding hydrogens is 600 g/mol. The molecule has 5 aromatic rings. The second-order valence-electron chi connectivity index (χ2n) is 11.2. The molecule has 3 aromatic carbocycles. The fraction of sp³-hybridized carbons (Fsp3) is 0.167. The van der Waals surface area contributed by atoms with Crippen LogP contribution in [-0.4, -0.2) is 45.9 Å². The molecule has 0 atom stereocenters. The molecule has 3 heterocycles. The third kappa shape index (κ3) is 7.17. The van der Waals surface area contributed by atoms with Gasteiger partial charge in [-0.3, -0.25) is 14.5 Å². The third-order valence-electron chi connectivity index (χ3n) is 8.06. The Bertz CT molecular complexity index is 1950. The van der Waals surface area contributed by atoms with Gasteiger partial charge >= 0.3 is 6.03 Å². The minimum absolute atomic E-state index is 0.0495. The summed E-state index contributed by atoms with van der Waals surface area (Å²) in [5.41, 5.74) is 6.32. The number of urea groups is 1. The van der Waals surface area contributed by atoms with Gasteiger partial charge in [0.15, 0.2) is 0 Å². The molecule has 1 fully saturated rings. The summed E-state index contributed by atoms with van der Waals surface area (Å²) >= 11 is 6.15. The van der Waals surface area contributed by atoms with E-state index >= 15 is 0 Å². The predicted octanol–water partition coefficient (Wildman–Crippen LogP) is 6.82. The van der Waals surface area contributed by atoms with Crippen molar-refractivity contribution in [3.05, 3.63) is 125 Å². The SMILES string of the molecule is C=CC(=O)Nc1cc(NC(=O)NC2CCN(Cc3ccc(-c4nc5cc[nH]c(=O)c5cc4-c4ccccc4)cc3)CC2)ccc1Cl. The largest absolute Gasteiger partial charge is 0.335 e. The molecule has 9 nitrogen and oxygen atoms in total. The highest BCUT2D eigenvalue weighted by molar-refractivity contribution is 6.34. The number of benzene rings is 3. The van der Waals surface area contributed by atoms with E-state index in [9.17, 15) is 14.4 Å². The topological polar surface area (TPSA) is 119 Å². The lowest BCUT2D eigenvalue weighted by Gasteiger charge is -2.32. The van der Waals surface area contributed by atoms with E-state index in [1.807, 2.05) is 42.5 Å². The average Bonchev–Trinajstić information content (AvgIpc) is 3.07. The fourth-order valence-electron chi connectivity index (χ4n) is 5.67. The molecule has 0 radical (unpaired) electrons. The van der Waals surface area contributed by atoms with Crippen molar-refractivity contribution in [1.82, 2.24) is 20.2 Å². The number of likely N-dealkylation sites (tertiary alicyclic amines) is 1. The van der Waals surface area contributed by atoms with Crippen molar-refractivity contribution in [2.24, 2.45) is 0 Å². The molecule has 4 N–H and O–H groups in total. The number of pyridine rings is 2. The van der Waals surface area contributed by atoms with Crippen LogP contribution in [0.2, 0.25) is 5.02 Å². The van der Waals surface area contributed by atoms with Gasteiger partial charge in [0, 0.05) is 48.7 Å². The molecule has 0 aliphatic carbocycles. The molecule has 0 spiro atoms. The standard InChI is InChI=1S/C36H33ClN6O3/c1-2-33(44)41-32-20-27(12-13-30(32)37)40-36(46)39-26-15-18-43(19-16-26)22-23-8-10-25(11-9-23)34-28(24-6-4-3-5-7-24)21-29-31(42-34)14-17-38-35(29)45/h2-14,17,20-21,26H,1,15-16,18-19,22H2,(H,38,45)(H,41,44)(H2,39,40,46). The number of fused-ring (bicyclic) bond motifs is 1. The molecular formula is C36H33ClN6O3. The van der Waals surface area contributed by atoms with Crippen LogP contribution in [0.3, 0.4) is 0 Å². The number of halogens is 1. The van der Waals surface area contributed by atoms with Gasteiger partial charge in [-0.25, -0.2) is 9.78 Å². The zero-order valence-corrected chi connectivity index (χ0v) is 25.8. The second-order valence-corrected chi connectivity index (χ2v) is 11.6. The summed E-state index contributed by atoms with van der Waals surface area (Å²) in [4.78, 5) is 46.9. The molecule has 46 heavy (non-hydrogen) atoms. The lowest BCUT2D eigenvalue weighted by molar-refractivity contribution is -0.111. The van der Waals surface area contributed by atoms with Crippen LogP contribution in [0.25, 0.3) is 33.3 Å². The van der Waals surface area contributed by atoms with Crippen LogP contribution in [-0.2, 0) is 11.3 Å². The van der Waals surface area contributed by atoms with Crippen LogP contribution < -0.4 is 21.5 Å². The Hall–Kier alpha value is -5.25. The summed E-state index contributed by atoms with van der Waals surface area (Å²) in [6.45, 7) is 5.94. The Morgan fingerprint density at radius 2 is 1.72 bits per heavy atom. The fourth-order valence-corrected chi connectivity index (χ4v) is 5.83. The highest BCUT2D eigenvalue weighted by Gasteiger charge is 2.21. The molecule has 1 aliphatic rings. The first-order chi connectivity index (χ1) is 22.4. The number of hydrogen-bond acceptors (Lipinski definition) is 5. The van der Waals surface area contributed by atoms with E-state index in [0.717, 1.165) is 60.9 Å². The maximum Gasteiger partial charge on any atom is 0.319 e. The van der Waals surface area contributed by atoms with Crippen molar-refractivity contribution in [3.8, 4) is 22.4 Å². The number of carbonyl (C=O) groups is 2. The first-order valence-corrected chi connectivity index (χ1v) is 15.4. The molecule has 10 heteroatoms. The van der Waals surface area contributed by atoms with Gasteiger partial charge in [0.25, 0.3) is 5.56 Å². The monoisotopic (exact) mass is 632 g/mol. The number of amides is 3. The van der Waals surface area contributed by atoms with Gasteiger partial charge in [0.05, 0.1) is 27.3 Å². The molecule has 0 unspecified atom stereocenters. The highest BCUT2D eigenvalue weighted by Crippen LogP contribution is 2.33. The normalized spacial score (nSPS) is 13.7. The summed E-state index contributed by atoms with van der Waals surface area (Å²) in [5, 5.41) is 9.43. The lowest BCUT2D eigenvalue weighted by atomic mass is 9.97. The van der Waals surface area contributed by atoms with Crippen molar-refractivity contribution in [1.29, 1.82) is 0 Å².